The Morgan fingerprint density at radius 1 is 1.30 bits per heavy atom. The van der Waals surface area contributed by atoms with E-state index in [1.54, 1.807) is 24.8 Å². The van der Waals surface area contributed by atoms with E-state index in [2.05, 4.69) is 25.8 Å². The third-order valence-electron chi connectivity index (χ3n) is 4.14. The molecule has 2 N–H and O–H groups in total. The molecule has 1 aliphatic rings. The van der Waals surface area contributed by atoms with Crippen LogP contribution in [0, 0.1) is 6.92 Å². The molecule has 3 heterocycles. The normalized spacial score (nSPS) is 14.7. The van der Waals surface area contributed by atoms with Crippen LogP contribution in [0.3, 0.4) is 0 Å². The maximum atomic E-state index is 12.4. The topological polar surface area (TPSA) is 122 Å². The SMILES string of the molecule is CCOC(=O)N1CCC(NC(=O)c2cnc(Nc3cc(C)on3)nc2)CC1. The minimum absolute atomic E-state index is 0.000849. The van der Waals surface area contributed by atoms with Gasteiger partial charge in [-0.3, -0.25) is 4.79 Å². The average molecular weight is 374 g/mol. The molecule has 0 aliphatic carbocycles. The molecule has 1 saturated heterocycles. The molecule has 1 fully saturated rings. The second kappa shape index (κ2) is 8.47. The van der Waals surface area contributed by atoms with Crippen molar-refractivity contribution < 1.29 is 18.8 Å². The second-order valence-corrected chi connectivity index (χ2v) is 6.18. The third kappa shape index (κ3) is 4.93. The van der Waals surface area contributed by atoms with E-state index < -0.39 is 0 Å². The highest BCUT2D eigenvalue weighted by molar-refractivity contribution is 5.93. The Balaban J connectivity index is 1.49. The van der Waals surface area contributed by atoms with E-state index >= 15 is 0 Å². The summed E-state index contributed by atoms with van der Waals surface area (Å²) < 4.78 is 9.94. The summed E-state index contributed by atoms with van der Waals surface area (Å²) in [6.45, 7) is 5.03. The monoisotopic (exact) mass is 374 g/mol. The van der Waals surface area contributed by atoms with Crippen molar-refractivity contribution in [3.05, 3.63) is 29.8 Å². The summed E-state index contributed by atoms with van der Waals surface area (Å²) in [5.74, 6) is 1.25. The fraction of sp³-hybridized carbons (Fsp3) is 0.471. The average Bonchev–Trinajstić information content (AvgIpc) is 3.08. The first-order chi connectivity index (χ1) is 13.0. The van der Waals surface area contributed by atoms with Crippen LogP contribution < -0.4 is 10.6 Å². The first-order valence-corrected chi connectivity index (χ1v) is 8.80. The number of aryl methyl sites for hydroxylation is 1. The zero-order chi connectivity index (χ0) is 19.2. The lowest BCUT2D eigenvalue weighted by Gasteiger charge is -2.31. The van der Waals surface area contributed by atoms with Gasteiger partial charge in [-0.05, 0) is 26.7 Å². The predicted octanol–water partition coefficient (Wildman–Crippen LogP) is 1.87. The summed E-state index contributed by atoms with van der Waals surface area (Å²) in [6.07, 6.45) is 3.95. The van der Waals surface area contributed by atoms with Crippen molar-refractivity contribution in [2.24, 2.45) is 0 Å². The molecule has 0 saturated carbocycles. The molecular weight excluding hydrogens is 352 g/mol. The van der Waals surface area contributed by atoms with Gasteiger partial charge in [-0.25, -0.2) is 14.8 Å². The Morgan fingerprint density at radius 3 is 2.59 bits per heavy atom. The number of nitrogens with one attached hydrogen (secondary N) is 2. The van der Waals surface area contributed by atoms with Crippen LogP contribution in [0.1, 0.15) is 35.9 Å². The molecule has 0 spiro atoms. The van der Waals surface area contributed by atoms with Gasteiger partial charge in [0.15, 0.2) is 5.82 Å². The van der Waals surface area contributed by atoms with E-state index in [-0.39, 0.29) is 18.0 Å². The van der Waals surface area contributed by atoms with Gasteiger partial charge in [-0.2, -0.15) is 0 Å². The van der Waals surface area contributed by atoms with Crippen LogP contribution in [0.5, 0.6) is 0 Å². The number of amides is 2. The van der Waals surface area contributed by atoms with Crippen molar-refractivity contribution in [1.82, 2.24) is 25.3 Å². The predicted molar refractivity (Wildman–Crippen MR) is 95.6 cm³/mol. The minimum Gasteiger partial charge on any atom is -0.450 e. The smallest absolute Gasteiger partial charge is 0.409 e. The van der Waals surface area contributed by atoms with Crippen LogP contribution in [-0.4, -0.2) is 57.8 Å². The molecule has 0 unspecified atom stereocenters. The third-order valence-corrected chi connectivity index (χ3v) is 4.14. The molecule has 2 aromatic rings. The lowest BCUT2D eigenvalue weighted by atomic mass is 10.1. The van der Waals surface area contributed by atoms with E-state index in [0.29, 0.717) is 55.6 Å². The summed E-state index contributed by atoms with van der Waals surface area (Å²) in [4.78, 5) is 33.9. The number of ether oxygens (including phenoxy) is 1. The number of nitrogens with zero attached hydrogens (tertiary/aromatic N) is 4. The van der Waals surface area contributed by atoms with E-state index in [0.717, 1.165) is 0 Å². The molecule has 10 heteroatoms. The number of rotatable bonds is 5. The van der Waals surface area contributed by atoms with Gasteiger partial charge < -0.3 is 24.8 Å². The number of aromatic nitrogens is 3. The van der Waals surface area contributed by atoms with E-state index in [1.807, 2.05) is 0 Å². The van der Waals surface area contributed by atoms with E-state index in [4.69, 9.17) is 9.26 Å². The summed E-state index contributed by atoms with van der Waals surface area (Å²) in [5.41, 5.74) is 0.365. The summed E-state index contributed by atoms with van der Waals surface area (Å²) in [5, 5.41) is 9.64. The zero-order valence-electron chi connectivity index (χ0n) is 15.3. The number of anilines is 2. The molecule has 1 aliphatic heterocycles. The standard InChI is InChI=1S/C17H22N6O4/c1-3-26-17(25)23-6-4-13(5-7-23)20-15(24)12-9-18-16(19-10-12)21-14-8-11(2)27-22-14/h8-10,13H,3-7H2,1-2H3,(H,20,24)(H,18,19,21,22). The zero-order valence-corrected chi connectivity index (χ0v) is 15.3. The summed E-state index contributed by atoms with van der Waals surface area (Å²) >= 11 is 0. The summed E-state index contributed by atoms with van der Waals surface area (Å²) in [6, 6.07) is 1.71. The molecule has 2 amide bonds. The van der Waals surface area contributed by atoms with Crippen molar-refractivity contribution >= 4 is 23.8 Å². The molecule has 0 atom stereocenters. The van der Waals surface area contributed by atoms with Gasteiger partial charge in [0.1, 0.15) is 5.76 Å². The fourth-order valence-corrected chi connectivity index (χ4v) is 2.74. The number of hydrogen-bond acceptors (Lipinski definition) is 8. The molecule has 3 rings (SSSR count). The molecule has 144 valence electrons. The van der Waals surface area contributed by atoms with Gasteiger partial charge in [0.25, 0.3) is 5.91 Å². The molecule has 2 aromatic heterocycles. The Bertz CT molecular complexity index is 783. The highest BCUT2D eigenvalue weighted by Crippen LogP contribution is 2.14. The van der Waals surface area contributed by atoms with Crippen molar-refractivity contribution in [1.29, 1.82) is 0 Å². The highest BCUT2D eigenvalue weighted by Gasteiger charge is 2.25. The van der Waals surface area contributed by atoms with Crippen LogP contribution in [0.15, 0.2) is 23.0 Å². The number of likely N-dealkylation sites (tertiary alicyclic amines) is 1. The van der Waals surface area contributed by atoms with Crippen LogP contribution in [-0.2, 0) is 4.74 Å². The van der Waals surface area contributed by atoms with Crippen LogP contribution in [0.25, 0.3) is 0 Å². The Morgan fingerprint density at radius 2 is 2.00 bits per heavy atom. The molecule has 10 nitrogen and oxygen atoms in total. The van der Waals surface area contributed by atoms with Crippen molar-refractivity contribution in [2.45, 2.75) is 32.7 Å². The van der Waals surface area contributed by atoms with Gasteiger partial charge in [0.2, 0.25) is 5.95 Å². The maximum absolute atomic E-state index is 12.4. The van der Waals surface area contributed by atoms with E-state index in [9.17, 15) is 9.59 Å². The molecule has 27 heavy (non-hydrogen) atoms. The first-order valence-electron chi connectivity index (χ1n) is 8.80. The molecule has 0 bridgehead atoms. The lowest BCUT2D eigenvalue weighted by molar-refractivity contribution is 0.0859. The molecule has 0 aromatic carbocycles. The number of carbonyl (C=O) groups is 2. The van der Waals surface area contributed by atoms with E-state index in [1.165, 1.54) is 12.4 Å². The van der Waals surface area contributed by atoms with Crippen LogP contribution in [0.4, 0.5) is 16.6 Å². The van der Waals surface area contributed by atoms with Crippen LogP contribution in [0.2, 0.25) is 0 Å². The van der Waals surface area contributed by atoms with Gasteiger partial charge >= 0.3 is 6.09 Å². The fourth-order valence-electron chi connectivity index (χ4n) is 2.74. The largest absolute Gasteiger partial charge is 0.450 e. The van der Waals surface area contributed by atoms with Gasteiger partial charge in [-0.15, -0.1) is 0 Å². The summed E-state index contributed by atoms with van der Waals surface area (Å²) in [7, 11) is 0. The Hall–Kier alpha value is -3.17. The van der Waals surface area contributed by atoms with Gasteiger partial charge in [-0.1, -0.05) is 5.16 Å². The number of hydrogen-bond donors (Lipinski definition) is 2. The second-order valence-electron chi connectivity index (χ2n) is 6.18. The van der Waals surface area contributed by atoms with Gasteiger partial charge in [0.05, 0.1) is 12.2 Å². The Kier molecular flexibility index (Phi) is 5.84. The Labute approximate surface area is 156 Å². The van der Waals surface area contributed by atoms with Crippen molar-refractivity contribution in [3.63, 3.8) is 0 Å². The minimum atomic E-state index is -0.305. The quantitative estimate of drug-likeness (QED) is 0.813. The van der Waals surface area contributed by atoms with Crippen LogP contribution >= 0.6 is 0 Å². The molecule has 0 radical (unpaired) electrons. The maximum Gasteiger partial charge on any atom is 0.409 e. The first kappa shape index (κ1) is 18.6. The van der Waals surface area contributed by atoms with Gasteiger partial charge in [0, 0.05) is 37.6 Å². The molecular formula is C17H22N6O4. The highest BCUT2D eigenvalue weighted by atomic mass is 16.6. The van der Waals surface area contributed by atoms with Crippen molar-refractivity contribution in [3.8, 4) is 0 Å². The number of piperidine rings is 1. The van der Waals surface area contributed by atoms with Crippen molar-refractivity contribution in [2.75, 3.05) is 25.0 Å². The number of carbonyl (C=O) groups excluding carboxylic acids is 2. The lowest BCUT2D eigenvalue weighted by Crippen LogP contribution is -2.46.